The van der Waals surface area contributed by atoms with Gasteiger partial charge in [0, 0.05) is 30.3 Å². The molecule has 9 heteroatoms. The number of halogens is 3. The lowest BCUT2D eigenvalue weighted by Gasteiger charge is -2.33. The normalized spacial score (nSPS) is 17.8. The molecule has 2 aromatic heterocycles. The van der Waals surface area contributed by atoms with Crippen molar-refractivity contribution < 1.29 is 27.2 Å². The number of benzene rings is 1. The summed E-state index contributed by atoms with van der Waals surface area (Å²) in [6.07, 6.45) is -2.89. The Bertz CT molecular complexity index is 1080. The van der Waals surface area contributed by atoms with Crippen molar-refractivity contribution >= 4 is 11.1 Å². The van der Waals surface area contributed by atoms with Crippen LogP contribution in [0.25, 0.3) is 11.1 Å². The third kappa shape index (κ3) is 4.19. The molecule has 0 bridgehead atoms. The Kier molecular flexibility index (Phi) is 5.79. The highest BCUT2D eigenvalue weighted by Crippen LogP contribution is 2.39. The van der Waals surface area contributed by atoms with E-state index in [-0.39, 0.29) is 22.7 Å². The zero-order valence-electron chi connectivity index (χ0n) is 17.6. The number of alkyl halides is 3. The molecule has 0 radical (unpaired) electrons. The highest BCUT2D eigenvalue weighted by molar-refractivity contribution is 5.80. The van der Waals surface area contributed by atoms with E-state index >= 15 is 0 Å². The summed E-state index contributed by atoms with van der Waals surface area (Å²) >= 11 is 0. The summed E-state index contributed by atoms with van der Waals surface area (Å²) in [5.41, 5.74) is 0.745. The number of piperidine rings is 1. The van der Waals surface area contributed by atoms with Gasteiger partial charge in [-0.2, -0.15) is 13.2 Å². The molecule has 0 amide bonds. The number of pyridine rings is 1. The summed E-state index contributed by atoms with van der Waals surface area (Å²) in [7, 11) is 3.18. The smallest absolute Gasteiger partial charge is 0.417 e. The number of aryl methyl sites for hydroxylation is 1. The van der Waals surface area contributed by atoms with Crippen molar-refractivity contribution in [3.05, 3.63) is 46.8 Å². The standard InChI is InChI=1S/C22H24F3N3O3/c1-13-19-16(22(23,24)25)10-17(26-21(19)31-27-13)14-7-5-9-28(11-14)12-15-6-4-8-18(29-2)20(15)30-3/h4,6,8,10,14H,5,7,9,11-12H2,1-3H3. The van der Waals surface area contributed by atoms with Gasteiger partial charge in [0.25, 0.3) is 5.71 Å². The molecule has 0 aliphatic carbocycles. The molecule has 1 unspecified atom stereocenters. The lowest BCUT2D eigenvalue weighted by molar-refractivity contribution is -0.136. The lowest BCUT2D eigenvalue weighted by atomic mass is 9.92. The summed E-state index contributed by atoms with van der Waals surface area (Å²) in [6.45, 7) is 3.52. The summed E-state index contributed by atoms with van der Waals surface area (Å²) in [5, 5.41) is 3.62. The second-order valence-electron chi connectivity index (χ2n) is 7.77. The van der Waals surface area contributed by atoms with E-state index in [0.717, 1.165) is 31.0 Å². The molecule has 3 aromatic rings. The Morgan fingerprint density at radius 2 is 2.03 bits per heavy atom. The number of nitrogens with zero attached hydrogens (tertiary/aromatic N) is 3. The largest absolute Gasteiger partial charge is 0.493 e. The maximum Gasteiger partial charge on any atom is 0.417 e. The number of hydrogen-bond donors (Lipinski definition) is 0. The van der Waals surface area contributed by atoms with E-state index in [9.17, 15) is 13.2 Å². The minimum absolute atomic E-state index is 0.0612. The minimum atomic E-state index is -4.51. The van der Waals surface area contributed by atoms with Gasteiger partial charge in [-0.15, -0.1) is 0 Å². The summed E-state index contributed by atoms with van der Waals surface area (Å²) in [4.78, 5) is 6.60. The van der Waals surface area contributed by atoms with E-state index in [1.54, 1.807) is 14.2 Å². The molecular weight excluding hydrogens is 411 g/mol. The van der Waals surface area contributed by atoms with Gasteiger partial charge in [-0.1, -0.05) is 17.3 Å². The average molecular weight is 435 g/mol. The van der Waals surface area contributed by atoms with Crippen LogP contribution in [-0.4, -0.2) is 42.3 Å². The summed E-state index contributed by atoms with van der Waals surface area (Å²) in [6, 6.07) is 6.86. The van der Waals surface area contributed by atoms with Gasteiger partial charge in [0.1, 0.15) is 0 Å². The molecule has 1 atom stereocenters. The van der Waals surface area contributed by atoms with Crippen molar-refractivity contribution in [2.24, 2.45) is 0 Å². The van der Waals surface area contributed by atoms with Crippen LogP contribution < -0.4 is 9.47 Å². The predicted molar refractivity (Wildman–Crippen MR) is 108 cm³/mol. The van der Waals surface area contributed by atoms with Crippen LogP contribution in [0.2, 0.25) is 0 Å². The fourth-order valence-corrected chi connectivity index (χ4v) is 4.31. The number of ether oxygens (including phenoxy) is 2. The molecule has 166 valence electrons. The zero-order valence-corrected chi connectivity index (χ0v) is 17.6. The molecule has 1 aliphatic heterocycles. The third-order valence-electron chi connectivity index (χ3n) is 5.74. The first-order valence-electron chi connectivity index (χ1n) is 10.1. The van der Waals surface area contributed by atoms with E-state index in [4.69, 9.17) is 14.0 Å². The fraction of sp³-hybridized carbons (Fsp3) is 0.455. The molecule has 6 nitrogen and oxygen atoms in total. The predicted octanol–water partition coefficient (Wildman–Crippen LogP) is 4.95. The van der Waals surface area contributed by atoms with Gasteiger partial charge in [0.05, 0.1) is 30.9 Å². The number of hydrogen-bond acceptors (Lipinski definition) is 6. The maximum absolute atomic E-state index is 13.7. The Hall–Kier alpha value is -2.81. The molecule has 1 aliphatic rings. The van der Waals surface area contributed by atoms with E-state index in [2.05, 4.69) is 15.0 Å². The van der Waals surface area contributed by atoms with Gasteiger partial charge in [-0.25, -0.2) is 4.98 Å². The van der Waals surface area contributed by atoms with Crippen LogP contribution in [0, 0.1) is 6.92 Å². The molecular formula is C22H24F3N3O3. The molecule has 1 aromatic carbocycles. The Balaban J connectivity index is 1.62. The Morgan fingerprint density at radius 1 is 1.23 bits per heavy atom. The number of para-hydroxylation sites is 1. The maximum atomic E-state index is 13.7. The van der Waals surface area contributed by atoms with Crippen molar-refractivity contribution in [2.45, 2.75) is 38.4 Å². The van der Waals surface area contributed by atoms with E-state index < -0.39 is 11.7 Å². The van der Waals surface area contributed by atoms with Crippen molar-refractivity contribution in [1.82, 2.24) is 15.0 Å². The topological polar surface area (TPSA) is 60.6 Å². The molecule has 3 heterocycles. The summed E-state index contributed by atoms with van der Waals surface area (Å²) < 4.78 is 57.1. The minimum Gasteiger partial charge on any atom is -0.493 e. The van der Waals surface area contributed by atoms with Crippen LogP contribution in [0.1, 0.15) is 41.3 Å². The van der Waals surface area contributed by atoms with Gasteiger partial charge in [-0.05, 0) is 38.4 Å². The van der Waals surface area contributed by atoms with Crippen molar-refractivity contribution in [1.29, 1.82) is 0 Å². The first-order chi connectivity index (χ1) is 14.8. The second-order valence-corrected chi connectivity index (χ2v) is 7.77. The fourth-order valence-electron chi connectivity index (χ4n) is 4.31. The Labute approximate surface area is 177 Å². The van der Waals surface area contributed by atoms with E-state index in [1.807, 2.05) is 18.2 Å². The molecule has 1 fully saturated rings. The lowest BCUT2D eigenvalue weighted by Crippen LogP contribution is -2.34. The molecule has 31 heavy (non-hydrogen) atoms. The number of fused-ring (bicyclic) bond motifs is 1. The van der Waals surface area contributed by atoms with E-state index in [1.165, 1.54) is 6.92 Å². The number of aromatic nitrogens is 2. The summed E-state index contributed by atoms with van der Waals surface area (Å²) in [5.74, 6) is 1.18. The number of likely N-dealkylation sites (tertiary alicyclic amines) is 1. The molecule has 0 saturated carbocycles. The SMILES string of the molecule is COc1cccc(CN2CCCC(c3cc(C(F)(F)F)c4c(C)noc4n3)C2)c1OC. The number of methoxy groups -OCH3 is 2. The van der Waals surface area contributed by atoms with Crippen LogP contribution in [0.4, 0.5) is 13.2 Å². The first kappa shape index (κ1) is 21.4. The van der Waals surface area contributed by atoms with E-state index in [0.29, 0.717) is 30.3 Å². The molecule has 0 spiro atoms. The van der Waals surface area contributed by atoms with Gasteiger partial charge < -0.3 is 14.0 Å². The third-order valence-corrected chi connectivity index (χ3v) is 5.74. The van der Waals surface area contributed by atoms with Crippen LogP contribution in [0.5, 0.6) is 11.5 Å². The highest BCUT2D eigenvalue weighted by atomic mass is 19.4. The van der Waals surface area contributed by atoms with Crippen LogP contribution >= 0.6 is 0 Å². The van der Waals surface area contributed by atoms with Crippen molar-refractivity contribution in [3.63, 3.8) is 0 Å². The number of rotatable bonds is 5. The average Bonchev–Trinajstić information content (AvgIpc) is 3.13. The first-order valence-corrected chi connectivity index (χ1v) is 10.1. The zero-order chi connectivity index (χ0) is 22.2. The van der Waals surface area contributed by atoms with Crippen LogP contribution in [0.3, 0.4) is 0 Å². The van der Waals surface area contributed by atoms with Gasteiger partial charge >= 0.3 is 6.18 Å². The van der Waals surface area contributed by atoms with Gasteiger partial charge in [0.15, 0.2) is 11.5 Å². The van der Waals surface area contributed by atoms with Gasteiger partial charge in [0.2, 0.25) is 0 Å². The van der Waals surface area contributed by atoms with Crippen LogP contribution in [0.15, 0.2) is 28.8 Å². The van der Waals surface area contributed by atoms with Crippen LogP contribution in [-0.2, 0) is 12.7 Å². The van der Waals surface area contributed by atoms with Crippen molar-refractivity contribution in [2.75, 3.05) is 27.3 Å². The molecule has 0 N–H and O–H groups in total. The monoisotopic (exact) mass is 435 g/mol. The highest BCUT2D eigenvalue weighted by Gasteiger charge is 2.37. The van der Waals surface area contributed by atoms with Gasteiger partial charge in [-0.3, -0.25) is 4.90 Å². The second kappa shape index (κ2) is 8.37. The quantitative estimate of drug-likeness (QED) is 0.565. The molecule has 1 saturated heterocycles. The Morgan fingerprint density at radius 3 is 2.74 bits per heavy atom. The molecule has 4 rings (SSSR count). The van der Waals surface area contributed by atoms with Crippen molar-refractivity contribution in [3.8, 4) is 11.5 Å².